The molecule has 0 heterocycles. The molecule has 0 spiro atoms. The van der Waals surface area contributed by atoms with Crippen LogP contribution in [0.2, 0.25) is 0 Å². The minimum atomic E-state index is -0.00694. The van der Waals surface area contributed by atoms with Crippen LogP contribution in [0.25, 0.3) is 0 Å². The molecule has 1 atom stereocenters. The van der Waals surface area contributed by atoms with Gasteiger partial charge >= 0.3 is 0 Å². The van der Waals surface area contributed by atoms with Gasteiger partial charge in [0.05, 0.1) is 0 Å². The molecule has 9 heavy (non-hydrogen) atoms. The standard InChI is InChI=1S/C6H13NO.Y/c1-4-7(3)6(2)5-8;/h6,8H,1-2,4-5H2,3H3;/q-2;. The van der Waals surface area contributed by atoms with Crippen molar-refractivity contribution in [2.24, 2.45) is 0 Å². The van der Waals surface area contributed by atoms with Gasteiger partial charge in [-0.3, -0.25) is 0 Å². The molecular formula is C6H13NOY-2. The van der Waals surface area contributed by atoms with E-state index in [2.05, 4.69) is 13.8 Å². The predicted molar refractivity (Wildman–Crippen MR) is 34.2 cm³/mol. The Labute approximate surface area is 82.5 Å². The van der Waals surface area contributed by atoms with E-state index in [0.29, 0.717) is 6.54 Å². The van der Waals surface area contributed by atoms with Crippen molar-refractivity contribution in [1.29, 1.82) is 0 Å². The first-order valence-corrected chi connectivity index (χ1v) is 2.65. The molecule has 0 aliphatic heterocycles. The number of nitrogens with zero attached hydrogens (tertiary/aromatic N) is 1. The van der Waals surface area contributed by atoms with Crippen LogP contribution < -0.4 is 0 Å². The van der Waals surface area contributed by atoms with Crippen LogP contribution in [-0.2, 0) is 32.7 Å². The van der Waals surface area contributed by atoms with Crippen molar-refractivity contribution in [1.82, 2.24) is 4.90 Å². The summed E-state index contributed by atoms with van der Waals surface area (Å²) in [7, 11) is 1.88. The van der Waals surface area contributed by atoms with Crippen LogP contribution in [0.15, 0.2) is 0 Å². The zero-order valence-corrected chi connectivity index (χ0v) is 8.72. The fraction of sp³-hybridized carbons (Fsp3) is 0.667. The zero-order valence-electron chi connectivity index (χ0n) is 5.88. The average Bonchev–Trinajstić information content (AvgIpc) is 1.84. The van der Waals surface area contributed by atoms with Gasteiger partial charge in [0.1, 0.15) is 0 Å². The number of rotatable bonds is 3. The molecule has 0 aliphatic carbocycles. The number of hydrogen-bond donors (Lipinski definition) is 1. The number of aliphatic hydroxyl groups is 1. The van der Waals surface area contributed by atoms with Crippen molar-refractivity contribution in [2.75, 3.05) is 20.2 Å². The largest absolute Gasteiger partial charge is 0.398 e. The monoisotopic (exact) mass is 204 g/mol. The average molecular weight is 204 g/mol. The summed E-state index contributed by atoms with van der Waals surface area (Å²) >= 11 is 0. The third-order valence-electron chi connectivity index (χ3n) is 1.19. The molecule has 0 amide bonds. The third kappa shape index (κ3) is 5.47. The summed E-state index contributed by atoms with van der Waals surface area (Å²) < 4.78 is 0. The van der Waals surface area contributed by atoms with Crippen LogP contribution in [-0.4, -0.2) is 36.2 Å². The van der Waals surface area contributed by atoms with Crippen LogP contribution in [0.1, 0.15) is 0 Å². The Morgan fingerprint density at radius 3 is 2.22 bits per heavy atom. The molecule has 1 radical (unpaired) electrons. The van der Waals surface area contributed by atoms with Gasteiger partial charge in [-0.15, -0.1) is 6.54 Å². The maximum absolute atomic E-state index is 8.50. The zero-order chi connectivity index (χ0) is 6.57. The van der Waals surface area contributed by atoms with E-state index < -0.39 is 0 Å². The van der Waals surface area contributed by atoms with Gasteiger partial charge in [-0.05, 0) is 7.05 Å². The Balaban J connectivity index is 0. The van der Waals surface area contributed by atoms with Crippen molar-refractivity contribution in [3.63, 3.8) is 0 Å². The van der Waals surface area contributed by atoms with Gasteiger partial charge in [0.15, 0.2) is 0 Å². The number of aliphatic hydroxyl groups excluding tert-OH is 1. The summed E-state index contributed by atoms with van der Waals surface area (Å²) in [6.45, 7) is 8.09. The van der Waals surface area contributed by atoms with E-state index in [1.54, 1.807) is 0 Å². The molecule has 1 unspecified atom stereocenters. The van der Waals surface area contributed by atoms with Crippen molar-refractivity contribution in [2.45, 2.75) is 6.04 Å². The molecule has 1 N–H and O–H groups in total. The van der Waals surface area contributed by atoms with E-state index in [4.69, 9.17) is 5.11 Å². The van der Waals surface area contributed by atoms with Crippen LogP contribution in [0.5, 0.6) is 0 Å². The molecule has 0 aliphatic rings. The van der Waals surface area contributed by atoms with E-state index in [9.17, 15) is 0 Å². The van der Waals surface area contributed by atoms with Gasteiger partial charge in [-0.25, -0.2) is 0 Å². The van der Waals surface area contributed by atoms with Crippen LogP contribution in [0.3, 0.4) is 0 Å². The summed E-state index contributed by atoms with van der Waals surface area (Å²) in [6, 6.07) is -0.00694. The molecule has 0 fully saturated rings. The summed E-state index contributed by atoms with van der Waals surface area (Å²) in [5.74, 6) is 0. The second-order valence-electron chi connectivity index (χ2n) is 1.82. The van der Waals surface area contributed by atoms with Crippen molar-refractivity contribution in [3.05, 3.63) is 13.8 Å². The fourth-order valence-corrected chi connectivity index (χ4v) is 0.322. The van der Waals surface area contributed by atoms with Gasteiger partial charge in [-0.2, -0.15) is 0 Å². The summed E-state index contributed by atoms with van der Waals surface area (Å²) in [4.78, 5) is 1.88. The SMILES string of the molecule is [CH2-]CN(C)C([CH2-])CO.[Y]. The molecule has 0 aromatic heterocycles. The number of hydrogen-bond acceptors (Lipinski definition) is 2. The second kappa shape index (κ2) is 7.13. The predicted octanol–water partition coefficient (Wildman–Crippen LogP) is -0.0552. The van der Waals surface area contributed by atoms with Crippen LogP contribution in [0.4, 0.5) is 0 Å². The maximum atomic E-state index is 8.50. The maximum Gasteiger partial charge on any atom is 0.0307 e. The molecule has 0 aromatic carbocycles. The van der Waals surface area contributed by atoms with Crippen molar-refractivity contribution in [3.8, 4) is 0 Å². The van der Waals surface area contributed by atoms with E-state index in [-0.39, 0.29) is 45.4 Å². The third-order valence-corrected chi connectivity index (χ3v) is 1.19. The summed E-state index contributed by atoms with van der Waals surface area (Å²) in [5.41, 5.74) is 0. The second-order valence-corrected chi connectivity index (χ2v) is 1.82. The first kappa shape index (κ1) is 12.7. The Kier molecular flexibility index (Phi) is 10.1. The fourth-order valence-electron chi connectivity index (χ4n) is 0.322. The van der Waals surface area contributed by atoms with Crippen molar-refractivity contribution < 1.29 is 37.8 Å². The van der Waals surface area contributed by atoms with E-state index in [1.807, 2.05) is 11.9 Å². The Morgan fingerprint density at radius 1 is 1.67 bits per heavy atom. The molecule has 0 rings (SSSR count). The molecule has 0 saturated heterocycles. The van der Waals surface area contributed by atoms with Gasteiger partial charge in [-0.1, -0.05) is 6.04 Å². The van der Waals surface area contributed by atoms with Gasteiger partial charge in [0.2, 0.25) is 0 Å². The molecular weight excluding hydrogens is 191 g/mol. The Hall–Kier alpha value is 1.02. The quantitative estimate of drug-likeness (QED) is 0.651. The summed E-state index contributed by atoms with van der Waals surface area (Å²) in [6.07, 6.45) is 0. The molecule has 0 saturated carbocycles. The Bertz CT molecular complexity index is 53.0. The smallest absolute Gasteiger partial charge is 0.0307 e. The van der Waals surface area contributed by atoms with Gasteiger partial charge < -0.3 is 23.9 Å². The summed E-state index contributed by atoms with van der Waals surface area (Å²) in [5, 5.41) is 8.50. The molecule has 53 valence electrons. The molecule has 0 bridgehead atoms. The molecule has 2 nitrogen and oxygen atoms in total. The number of likely N-dealkylation sites (N-methyl/N-ethyl adjacent to an activating group) is 1. The first-order valence-electron chi connectivity index (χ1n) is 2.65. The molecule has 0 aromatic rings. The minimum absolute atomic E-state index is 0. The Morgan fingerprint density at radius 2 is 2.11 bits per heavy atom. The van der Waals surface area contributed by atoms with Gasteiger partial charge in [0, 0.05) is 39.3 Å². The van der Waals surface area contributed by atoms with E-state index in [1.165, 1.54) is 0 Å². The molecule has 3 heteroatoms. The normalized spacial score (nSPS) is 13.0. The van der Waals surface area contributed by atoms with E-state index in [0.717, 1.165) is 0 Å². The van der Waals surface area contributed by atoms with E-state index >= 15 is 0 Å². The van der Waals surface area contributed by atoms with Crippen LogP contribution in [0, 0.1) is 13.8 Å². The van der Waals surface area contributed by atoms with Gasteiger partial charge in [0.25, 0.3) is 0 Å². The topological polar surface area (TPSA) is 23.5 Å². The minimum Gasteiger partial charge on any atom is -0.398 e. The first-order chi connectivity index (χ1) is 3.72. The van der Waals surface area contributed by atoms with Crippen LogP contribution >= 0.6 is 0 Å². The van der Waals surface area contributed by atoms with Crippen molar-refractivity contribution >= 4 is 0 Å².